The monoisotopic (exact) mass is 286 g/mol. The molecule has 1 fully saturated rings. The van der Waals surface area contributed by atoms with Gasteiger partial charge in [0.15, 0.2) is 0 Å². The smallest absolute Gasteiger partial charge is 0.337 e. The Morgan fingerprint density at radius 3 is 2.76 bits per heavy atom. The van der Waals surface area contributed by atoms with Crippen molar-refractivity contribution in [3.05, 3.63) is 29.6 Å². The van der Waals surface area contributed by atoms with Gasteiger partial charge in [0.2, 0.25) is 0 Å². The van der Waals surface area contributed by atoms with Crippen LogP contribution in [0, 0.1) is 5.92 Å². The summed E-state index contributed by atoms with van der Waals surface area (Å²) in [6.45, 7) is 4.29. The summed E-state index contributed by atoms with van der Waals surface area (Å²) in [4.78, 5) is 16.0. The number of imidazole rings is 1. The van der Waals surface area contributed by atoms with Crippen LogP contribution in [-0.2, 0) is 6.42 Å². The molecular weight excluding hydrogens is 264 g/mol. The Labute approximate surface area is 124 Å². The van der Waals surface area contributed by atoms with Gasteiger partial charge >= 0.3 is 5.97 Å². The first kappa shape index (κ1) is 14.1. The summed E-state index contributed by atoms with van der Waals surface area (Å²) in [5.41, 5.74) is 1.91. The Bertz CT molecular complexity index is 671. The maximum atomic E-state index is 11.4. The molecular formula is C17H22N2O2. The van der Waals surface area contributed by atoms with Crippen LogP contribution in [0.4, 0.5) is 0 Å². The molecule has 1 aliphatic carbocycles. The summed E-state index contributed by atoms with van der Waals surface area (Å²) in [6, 6.07) is 5.90. The standard InChI is InChI=1S/C17H22N2O2/c1-3-12(10-11-8-9-11)19-14-7-5-6-13(17(20)21)16(14)18-15(19)4-2/h5-7,11-12H,3-4,8-10H2,1-2H3,(H,20,21). The lowest BCUT2D eigenvalue weighted by Gasteiger charge is -2.20. The molecule has 112 valence electrons. The number of carbonyl (C=O) groups is 1. The first-order chi connectivity index (χ1) is 10.2. The lowest BCUT2D eigenvalue weighted by atomic mass is 10.1. The molecule has 0 aliphatic heterocycles. The van der Waals surface area contributed by atoms with Crippen molar-refractivity contribution in [2.24, 2.45) is 5.92 Å². The van der Waals surface area contributed by atoms with E-state index in [0.717, 1.165) is 30.1 Å². The van der Waals surface area contributed by atoms with Gasteiger partial charge in [0.05, 0.1) is 11.1 Å². The molecule has 2 aromatic rings. The first-order valence-corrected chi connectivity index (χ1v) is 7.88. The van der Waals surface area contributed by atoms with Crippen LogP contribution in [0.2, 0.25) is 0 Å². The lowest BCUT2D eigenvalue weighted by Crippen LogP contribution is -2.12. The van der Waals surface area contributed by atoms with Gasteiger partial charge in [0, 0.05) is 12.5 Å². The second-order valence-electron chi connectivity index (χ2n) is 5.97. The Morgan fingerprint density at radius 2 is 2.19 bits per heavy atom. The number of para-hydroxylation sites is 1. The van der Waals surface area contributed by atoms with Crippen molar-refractivity contribution in [1.29, 1.82) is 0 Å². The van der Waals surface area contributed by atoms with E-state index in [0.29, 0.717) is 17.1 Å². The summed E-state index contributed by atoms with van der Waals surface area (Å²) < 4.78 is 2.29. The second-order valence-corrected chi connectivity index (χ2v) is 5.97. The van der Waals surface area contributed by atoms with Crippen LogP contribution in [0.3, 0.4) is 0 Å². The van der Waals surface area contributed by atoms with Crippen molar-refractivity contribution in [3.8, 4) is 0 Å². The average molecular weight is 286 g/mol. The number of aromatic carboxylic acids is 1. The number of benzene rings is 1. The fourth-order valence-corrected chi connectivity index (χ4v) is 3.19. The van der Waals surface area contributed by atoms with E-state index < -0.39 is 5.97 Å². The first-order valence-electron chi connectivity index (χ1n) is 7.88. The Morgan fingerprint density at radius 1 is 1.43 bits per heavy atom. The van der Waals surface area contributed by atoms with E-state index in [1.807, 2.05) is 12.1 Å². The highest BCUT2D eigenvalue weighted by Gasteiger charge is 2.28. The molecule has 21 heavy (non-hydrogen) atoms. The number of carboxylic acids is 1. The van der Waals surface area contributed by atoms with E-state index in [4.69, 9.17) is 0 Å². The minimum Gasteiger partial charge on any atom is -0.478 e. The third-order valence-electron chi connectivity index (χ3n) is 4.48. The molecule has 1 aromatic heterocycles. The highest BCUT2D eigenvalue weighted by molar-refractivity contribution is 6.01. The Kier molecular flexibility index (Phi) is 3.70. The normalized spacial score (nSPS) is 16.3. The maximum absolute atomic E-state index is 11.4. The van der Waals surface area contributed by atoms with E-state index in [1.54, 1.807) is 6.07 Å². The SMILES string of the molecule is CCc1nc2c(C(=O)O)cccc2n1C(CC)CC1CC1. The van der Waals surface area contributed by atoms with Crippen molar-refractivity contribution < 1.29 is 9.90 Å². The molecule has 0 spiro atoms. The van der Waals surface area contributed by atoms with Crippen LogP contribution in [0.25, 0.3) is 11.0 Å². The second kappa shape index (κ2) is 5.51. The van der Waals surface area contributed by atoms with Crippen molar-refractivity contribution in [2.45, 2.75) is 52.0 Å². The molecule has 1 atom stereocenters. The number of hydrogen-bond donors (Lipinski definition) is 1. The summed E-state index contributed by atoms with van der Waals surface area (Å²) in [5.74, 6) is 0.953. The molecule has 1 saturated carbocycles. The maximum Gasteiger partial charge on any atom is 0.337 e. The van der Waals surface area contributed by atoms with Gasteiger partial charge in [-0.25, -0.2) is 9.78 Å². The van der Waals surface area contributed by atoms with Gasteiger partial charge in [-0.15, -0.1) is 0 Å². The molecule has 0 bridgehead atoms. The van der Waals surface area contributed by atoms with Gasteiger partial charge in [0.1, 0.15) is 11.3 Å². The van der Waals surface area contributed by atoms with Crippen molar-refractivity contribution in [1.82, 2.24) is 9.55 Å². The molecule has 4 nitrogen and oxygen atoms in total. The number of hydrogen-bond acceptors (Lipinski definition) is 2. The molecule has 0 amide bonds. The van der Waals surface area contributed by atoms with Gasteiger partial charge in [-0.2, -0.15) is 0 Å². The van der Waals surface area contributed by atoms with Crippen LogP contribution in [0.5, 0.6) is 0 Å². The molecule has 1 unspecified atom stereocenters. The van der Waals surface area contributed by atoms with E-state index in [9.17, 15) is 9.90 Å². The van der Waals surface area contributed by atoms with E-state index in [1.165, 1.54) is 19.3 Å². The van der Waals surface area contributed by atoms with Crippen LogP contribution < -0.4 is 0 Å². The number of aryl methyl sites for hydroxylation is 1. The molecule has 0 saturated heterocycles. The molecule has 0 radical (unpaired) electrons. The molecule has 1 heterocycles. The van der Waals surface area contributed by atoms with Crippen molar-refractivity contribution >= 4 is 17.0 Å². The van der Waals surface area contributed by atoms with Gasteiger partial charge in [-0.1, -0.05) is 32.8 Å². The number of carboxylic acid groups (broad SMARTS) is 1. The molecule has 1 N–H and O–H groups in total. The van der Waals surface area contributed by atoms with Gasteiger partial charge < -0.3 is 9.67 Å². The highest BCUT2D eigenvalue weighted by Crippen LogP contribution is 2.39. The van der Waals surface area contributed by atoms with E-state index in [2.05, 4.69) is 23.4 Å². The predicted molar refractivity (Wildman–Crippen MR) is 82.7 cm³/mol. The van der Waals surface area contributed by atoms with Crippen LogP contribution >= 0.6 is 0 Å². The minimum absolute atomic E-state index is 0.308. The molecule has 3 rings (SSSR count). The lowest BCUT2D eigenvalue weighted by molar-refractivity contribution is 0.0699. The summed E-state index contributed by atoms with van der Waals surface area (Å²) >= 11 is 0. The fraction of sp³-hybridized carbons (Fsp3) is 0.529. The van der Waals surface area contributed by atoms with Gasteiger partial charge in [0.25, 0.3) is 0 Å². The van der Waals surface area contributed by atoms with Crippen LogP contribution in [0.15, 0.2) is 18.2 Å². The zero-order valence-corrected chi connectivity index (χ0v) is 12.7. The third-order valence-corrected chi connectivity index (χ3v) is 4.48. The Balaban J connectivity index is 2.15. The van der Waals surface area contributed by atoms with Crippen LogP contribution in [0.1, 0.15) is 61.8 Å². The topological polar surface area (TPSA) is 55.1 Å². The third kappa shape index (κ3) is 2.55. The average Bonchev–Trinajstić information content (AvgIpc) is 3.22. The van der Waals surface area contributed by atoms with Gasteiger partial charge in [-0.3, -0.25) is 0 Å². The van der Waals surface area contributed by atoms with E-state index >= 15 is 0 Å². The minimum atomic E-state index is -0.900. The largest absolute Gasteiger partial charge is 0.478 e. The zero-order chi connectivity index (χ0) is 15.0. The quantitative estimate of drug-likeness (QED) is 0.871. The van der Waals surface area contributed by atoms with Gasteiger partial charge in [-0.05, 0) is 30.9 Å². The van der Waals surface area contributed by atoms with Crippen LogP contribution in [-0.4, -0.2) is 20.6 Å². The molecule has 4 heteroatoms. The summed E-state index contributed by atoms with van der Waals surface area (Å²) in [5, 5.41) is 9.36. The fourth-order valence-electron chi connectivity index (χ4n) is 3.19. The number of fused-ring (bicyclic) bond motifs is 1. The number of nitrogens with zero attached hydrogens (tertiary/aromatic N) is 2. The highest BCUT2D eigenvalue weighted by atomic mass is 16.4. The molecule has 1 aliphatic rings. The van der Waals surface area contributed by atoms with Crippen molar-refractivity contribution in [3.63, 3.8) is 0 Å². The van der Waals surface area contributed by atoms with E-state index in [-0.39, 0.29) is 0 Å². The molecule has 1 aromatic carbocycles. The Hall–Kier alpha value is -1.84. The number of rotatable bonds is 6. The summed E-state index contributed by atoms with van der Waals surface area (Å²) in [6.07, 6.45) is 5.75. The predicted octanol–water partition coefficient (Wildman–Crippen LogP) is 4.05. The zero-order valence-electron chi connectivity index (χ0n) is 12.7. The van der Waals surface area contributed by atoms with Crippen molar-refractivity contribution in [2.75, 3.05) is 0 Å². The number of aromatic nitrogens is 2. The summed E-state index contributed by atoms with van der Waals surface area (Å²) in [7, 11) is 0.